The summed E-state index contributed by atoms with van der Waals surface area (Å²) < 4.78 is 3.03. The molecule has 0 aliphatic heterocycles. The lowest BCUT2D eigenvalue weighted by molar-refractivity contribution is 0.0780. The van der Waals surface area contributed by atoms with Crippen LogP contribution in [-0.2, 0) is 13.1 Å². The number of rotatable bonds is 5. The minimum atomic E-state index is -0.0329. The maximum atomic E-state index is 12.7. The van der Waals surface area contributed by atoms with Crippen LogP contribution in [0.2, 0.25) is 5.02 Å². The first-order chi connectivity index (χ1) is 12.0. The number of carbonyl (C=O) groups excluding carboxylic acids is 1. The number of nitrogens with zero attached hydrogens (tertiary/aromatic N) is 3. The Balaban J connectivity index is 1.91. The maximum absolute atomic E-state index is 12.7. The molecule has 1 aromatic heterocycles. The number of amides is 1. The van der Waals surface area contributed by atoms with Gasteiger partial charge in [-0.15, -0.1) is 0 Å². The fourth-order valence-corrected chi connectivity index (χ4v) is 3.43. The Bertz CT molecular complexity index is 922. The molecule has 0 saturated carbocycles. The van der Waals surface area contributed by atoms with Gasteiger partial charge in [0.1, 0.15) is 5.82 Å². The van der Waals surface area contributed by atoms with Crippen molar-refractivity contribution in [3.05, 3.63) is 63.3 Å². The topological polar surface area (TPSA) is 38.1 Å². The molecule has 0 atom stereocenters. The molecule has 6 heteroatoms. The van der Waals surface area contributed by atoms with E-state index < -0.39 is 0 Å². The van der Waals surface area contributed by atoms with Crippen molar-refractivity contribution in [1.82, 2.24) is 14.5 Å². The molecule has 0 unspecified atom stereocenters. The summed E-state index contributed by atoms with van der Waals surface area (Å²) in [6, 6.07) is 13.1. The Labute approximate surface area is 160 Å². The van der Waals surface area contributed by atoms with Crippen molar-refractivity contribution in [1.29, 1.82) is 0 Å². The molecule has 0 radical (unpaired) electrons. The van der Waals surface area contributed by atoms with Crippen molar-refractivity contribution in [3.63, 3.8) is 0 Å². The molecule has 0 aliphatic carbocycles. The van der Waals surface area contributed by atoms with E-state index in [4.69, 9.17) is 16.6 Å². The zero-order valence-electron chi connectivity index (χ0n) is 14.2. The van der Waals surface area contributed by atoms with Gasteiger partial charge in [-0.3, -0.25) is 4.79 Å². The first kappa shape index (κ1) is 18.0. The third-order valence-electron chi connectivity index (χ3n) is 4.03. The van der Waals surface area contributed by atoms with Crippen LogP contribution in [0.4, 0.5) is 0 Å². The molecule has 0 N–H and O–H groups in total. The number of aromatic nitrogens is 2. The summed E-state index contributed by atoms with van der Waals surface area (Å²) in [6.45, 7) is 3.40. The standard InChI is InChI=1S/C19H19BrClN3O/c1-3-9-24-17-11-15(21)7-8-16(17)22-18(24)12-23(2)19(25)13-5-4-6-14(20)10-13/h4-8,10-11H,3,9,12H2,1-2H3. The quantitative estimate of drug-likeness (QED) is 0.573. The van der Waals surface area contributed by atoms with Gasteiger partial charge in [-0.25, -0.2) is 4.98 Å². The lowest BCUT2D eigenvalue weighted by Crippen LogP contribution is -2.27. The summed E-state index contributed by atoms with van der Waals surface area (Å²) in [5.41, 5.74) is 2.56. The molecule has 1 amide bonds. The van der Waals surface area contributed by atoms with Gasteiger partial charge in [-0.2, -0.15) is 0 Å². The summed E-state index contributed by atoms with van der Waals surface area (Å²) in [5.74, 6) is 0.833. The Hall–Kier alpha value is -1.85. The molecular weight excluding hydrogens is 402 g/mol. The van der Waals surface area contributed by atoms with Crippen LogP contribution >= 0.6 is 27.5 Å². The average Bonchev–Trinajstić information content (AvgIpc) is 2.91. The second-order valence-corrected chi connectivity index (χ2v) is 7.34. The van der Waals surface area contributed by atoms with Crippen LogP contribution in [0.3, 0.4) is 0 Å². The molecule has 0 bridgehead atoms. The van der Waals surface area contributed by atoms with Gasteiger partial charge in [-0.1, -0.05) is 40.5 Å². The second kappa shape index (κ2) is 7.58. The van der Waals surface area contributed by atoms with Gasteiger partial charge in [0.25, 0.3) is 5.91 Å². The van der Waals surface area contributed by atoms with E-state index in [1.54, 1.807) is 11.9 Å². The fraction of sp³-hybridized carbons (Fsp3) is 0.263. The lowest BCUT2D eigenvalue weighted by Gasteiger charge is -2.18. The van der Waals surface area contributed by atoms with Crippen molar-refractivity contribution < 1.29 is 4.79 Å². The van der Waals surface area contributed by atoms with E-state index in [1.165, 1.54) is 0 Å². The normalized spacial score (nSPS) is 11.0. The largest absolute Gasteiger partial charge is 0.334 e. The number of aryl methyl sites for hydroxylation is 1. The van der Waals surface area contributed by atoms with Crippen molar-refractivity contribution in [3.8, 4) is 0 Å². The van der Waals surface area contributed by atoms with Crippen LogP contribution in [0.25, 0.3) is 11.0 Å². The second-order valence-electron chi connectivity index (χ2n) is 5.98. The number of halogens is 2. The van der Waals surface area contributed by atoms with Crippen LogP contribution in [0.5, 0.6) is 0 Å². The molecule has 1 heterocycles. The first-order valence-corrected chi connectivity index (χ1v) is 9.32. The number of benzene rings is 2. The van der Waals surface area contributed by atoms with Gasteiger partial charge in [0.2, 0.25) is 0 Å². The highest BCUT2D eigenvalue weighted by molar-refractivity contribution is 9.10. The minimum Gasteiger partial charge on any atom is -0.334 e. The highest BCUT2D eigenvalue weighted by Crippen LogP contribution is 2.22. The van der Waals surface area contributed by atoms with Gasteiger partial charge in [-0.05, 0) is 42.8 Å². The summed E-state index contributed by atoms with van der Waals surface area (Å²) in [4.78, 5) is 19.1. The summed E-state index contributed by atoms with van der Waals surface area (Å²) in [6.07, 6.45) is 0.980. The highest BCUT2D eigenvalue weighted by Gasteiger charge is 2.17. The molecule has 0 fully saturated rings. The average molecular weight is 421 g/mol. The van der Waals surface area contributed by atoms with Crippen LogP contribution in [0.1, 0.15) is 29.5 Å². The molecule has 3 rings (SSSR count). The molecule has 4 nitrogen and oxygen atoms in total. The van der Waals surface area contributed by atoms with E-state index in [1.807, 2.05) is 42.5 Å². The molecule has 0 spiro atoms. The summed E-state index contributed by atoms with van der Waals surface area (Å²) in [5, 5.41) is 0.690. The van der Waals surface area contributed by atoms with Gasteiger partial charge in [0.15, 0.2) is 0 Å². The first-order valence-electron chi connectivity index (χ1n) is 8.15. The van der Waals surface area contributed by atoms with E-state index in [-0.39, 0.29) is 5.91 Å². The van der Waals surface area contributed by atoms with Crippen molar-refractivity contribution in [2.75, 3.05) is 7.05 Å². The lowest BCUT2D eigenvalue weighted by atomic mass is 10.2. The Morgan fingerprint density at radius 3 is 2.80 bits per heavy atom. The number of fused-ring (bicyclic) bond motifs is 1. The number of hydrogen-bond donors (Lipinski definition) is 0. The molecule has 3 aromatic rings. The van der Waals surface area contributed by atoms with Gasteiger partial charge >= 0.3 is 0 Å². The molecule has 130 valence electrons. The summed E-state index contributed by atoms with van der Waals surface area (Å²) in [7, 11) is 1.80. The molecule has 0 aliphatic rings. The van der Waals surface area contributed by atoms with Crippen molar-refractivity contribution in [2.45, 2.75) is 26.4 Å². The minimum absolute atomic E-state index is 0.0329. The van der Waals surface area contributed by atoms with Crippen molar-refractivity contribution >= 4 is 44.5 Å². The summed E-state index contributed by atoms with van der Waals surface area (Å²) >= 11 is 9.55. The Morgan fingerprint density at radius 2 is 2.08 bits per heavy atom. The molecule has 0 saturated heterocycles. The van der Waals surface area contributed by atoms with E-state index in [0.717, 1.165) is 34.3 Å². The predicted molar refractivity (Wildman–Crippen MR) is 105 cm³/mol. The maximum Gasteiger partial charge on any atom is 0.254 e. The zero-order chi connectivity index (χ0) is 18.0. The van der Waals surface area contributed by atoms with Gasteiger partial charge in [0, 0.05) is 28.7 Å². The third-order valence-corrected chi connectivity index (χ3v) is 4.76. The van der Waals surface area contributed by atoms with Gasteiger partial charge < -0.3 is 9.47 Å². The van der Waals surface area contributed by atoms with E-state index in [2.05, 4.69) is 27.4 Å². The zero-order valence-corrected chi connectivity index (χ0v) is 16.5. The van der Waals surface area contributed by atoms with Crippen LogP contribution in [0.15, 0.2) is 46.9 Å². The van der Waals surface area contributed by atoms with Crippen molar-refractivity contribution in [2.24, 2.45) is 0 Å². The number of carbonyl (C=O) groups is 1. The number of imidazole rings is 1. The Kier molecular flexibility index (Phi) is 5.45. The molecule has 25 heavy (non-hydrogen) atoms. The molecular formula is C19H19BrClN3O. The van der Waals surface area contributed by atoms with Crippen LogP contribution in [0, 0.1) is 0 Å². The van der Waals surface area contributed by atoms with E-state index in [0.29, 0.717) is 17.1 Å². The van der Waals surface area contributed by atoms with Crippen LogP contribution < -0.4 is 0 Å². The van der Waals surface area contributed by atoms with E-state index >= 15 is 0 Å². The molecule has 2 aromatic carbocycles. The SMILES string of the molecule is CCCn1c(CN(C)C(=O)c2cccc(Br)c2)nc2ccc(Cl)cc21. The van der Waals surface area contributed by atoms with Crippen LogP contribution in [-0.4, -0.2) is 27.4 Å². The number of hydrogen-bond acceptors (Lipinski definition) is 2. The third kappa shape index (κ3) is 3.88. The predicted octanol–water partition coefficient (Wildman–Crippen LogP) is 5.13. The fourth-order valence-electron chi connectivity index (χ4n) is 2.87. The smallest absolute Gasteiger partial charge is 0.254 e. The monoisotopic (exact) mass is 419 g/mol. The highest BCUT2D eigenvalue weighted by atomic mass is 79.9. The Morgan fingerprint density at radius 1 is 1.28 bits per heavy atom. The van der Waals surface area contributed by atoms with Gasteiger partial charge in [0.05, 0.1) is 17.6 Å². The van der Waals surface area contributed by atoms with E-state index in [9.17, 15) is 4.79 Å².